The fourth-order valence-electron chi connectivity index (χ4n) is 2.11. The van der Waals surface area contributed by atoms with Crippen molar-refractivity contribution in [2.24, 2.45) is 0 Å². The number of carbonyl (C=O) groups is 2. The van der Waals surface area contributed by atoms with Crippen LogP contribution in [0.4, 0.5) is 5.69 Å². The van der Waals surface area contributed by atoms with Crippen molar-refractivity contribution in [2.45, 2.75) is 17.7 Å². The Morgan fingerprint density at radius 3 is 2.60 bits per heavy atom. The first kappa shape index (κ1) is 19.1. The number of aliphatic carboxylic acids is 1. The lowest BCUT2D eigenvalue weighted by atomic mass is 10.1. The highest BCUT2D eigenvalue weighted by molar-refractivity contribution is 7.89. The minimum atomic E-state index is -3.71. The maximum absolute atomic E-state index is 12.5. The summed E-state index contributed by atoms with van der Waals surface area (Å²) >= 11 is 1.04. The number of hydrogen-bond donors (Lipinski definition) is 2. The Balaban J connectivity index is 2.20. The molecule has 2 N–H and O–H groups in total. The molecule has 0 saturated heterocycles. The summed E-state index contributed by atoms with van der Waals surface area (Å²) in [5.41, 5.74) is 1.25. The number of carbonyl (C=O) groups excluding carboxylic acids is 1. The molecule has 0 aliphatic heterocycles. The molecule has 0 fully saturated rings. The van der Waals surface area contributed by atoms with Crippen LogP contribution in [0.1, 0.15) is 21.7 Å². The quantitative estimate of drug-likeness (QED) is 0.764. The molecule has 0 aliphatic carbocycles. The molecule has 0 spiro atoms. The number of benzene rings is 1. The van der Waals surface area contributed by atoms with E-state index >= 15 is 0 Å². The fraction of sp³-hybridized carbons (Fsp3) is 0.250. The second-order valence-electron chi connectivity index (χ2n) is 5.45. The first-order chi connectivity index (χ1) is 11.7. The van der Waals surface area contributed by atoms with Crippen LogP contribution in [0.3, 0.4) is 0 Å². The van der Waals surface area contributed by atoms with E-state index in [1.807, 2.05) is 0 Å². The van der Waals surface area contributed by atoms with Gasteiger partial charge in [0.1, 0.15) is 9.77 Å². The molecule has 2 aromatic rings. The van der Waals surface area contributed by atoms with Crippen molar-refractivity contribution in [3.63, 3.8) is 0 Å². The average molecular weight is 382 g/mol. The molecule has 0 unspecified atom stereocenters. The number of thiophene rings is 1. The van der Waals surface area contributed by atoms with Gasteiger partial charge in [-0.05, 0) is 35.6 Å². The SMILES string of the molecule is CN(C)S(=O)(=O)c1ccsc1C(=O)Nc1cccc(CCC(=O)O)c1. The van der Waals surface area contributed by atoms with E-state index in [0.717, 1.165) is 21.2 Å². The van der Waals surface area contributed by atoms with Gasteiger partial charge in [0.05, 0.1) is 0 Å². The number of rotatable bonds is 7. The summed E-state index contributed by atoms with van der Waals surface area (Å²) < 4.78 is 25.6. The number of aryl methyl sites for hydroxylation is 1. The maximum atomic E-state index is 12.5. The number of carboxylic acid groups (broad SMARTS) is 1. The minimum absolute atomic E-state index is 0.00640. The van der Waals surface area contributed by atoms with Gasteiger partial charge in [-0.2, -0.15) is 0 Å². The molecule has 0 aliphatic rings. The summed E-state index contributed by atoms with van der Waals surface area (Å²) in [5.74, 6) is -1.42. The third kappa shape index (κ3) is 4.65. The molecule has 0 atom stereocenters. The third-order valence-corrected chi connectivity index (χ3v) is 6.31. The minimum Gasteiger partial charge on any atom is -0.481 e. The zero-order valence-electron chi connectivity index (χ0n) is 13.7. The summed E-state index contributed by atoms with van der Waals surface area (Å²) in [6, 6.07) is 8.22. The van der Waals surface area contributed by atoms with Crippen LogP contribution in [0.25, 0.3) is 0 Å². The van der Waals surface area contributed by atoms with Gasteiger partial charge in [0.15, 0.2) is 0 Å². The van der Waals surface area contributed by atoms with Crippen molar-refractivity contribution < 1.29 is 23.1 Å². The van der Waals surface area contributed by atoms with Crippen LogP contribution in [0.15, 0.2) is 40.6 Å². The van der Waals surface area contributed by atoms with Gasteiger partial charge in [-0.3, -0.25) is 9.59 Å². The molecule has 1 amide bonds. The third-order valence-electron chi connectivity index (χ3n) is 3.41. The highest BCUT2D eigenvalue weighted by atomic mass is 32.2. The van der Waals surface area contributed by atoms with Crippen molar-refractivity contribution in [1.82, 2.24) is 4.31 Å². The van der Waals surface area contributed by atoms with Gasteiger partial charge < -0.3 is 10.4 Å². The van der Waals surface area contributed by atoms with Crippen LogP contribution < -0.4 is 5.32 Å². The Morgan fingerprint density at radius 1 is 1.24 bits per heavy atom. The molecule has 134 valence electrons. The molecule has 0 radical (unpaired) electrons. The van der Waals surface area contributed by atoms with Crippen LogP contribution in [0.5, 0.6) is 0 Å². The van der Waals surface area contributed by atoms with Crippen LogP contribution in [0, 0.1) is 0 Å². The smallest absolute Gasteiger partial charge is 0.303 e. The van der Waals surface area contributed by atoms with Crippen LogP contribution in [-0.2, 0) is 21.2 Å². The summed E-state index contributed by atoms with van der Waals surface area (Å²) in [6.45, 7) is 0. The fourth-order valence-corrected chi connectivity index (χ4v) is 4.30. The molecule has 2 rings (SSSR count). The molecule has 1 aromatic heterocycles. The molecule has 1 aromatic carbocycles. The molecular formula is C16H18N2O5S2. The second-order valence-corrected chi connectivity index (χ2v) is 8.49. The van der Waals surface area contributed by atoms with Crippen LogP contribution >= 0.6 is 11.3 Å². The van der Waals surface area contributed by atoms with Gasteiger partial charge in [-0.15, -0.1) is 11.3 Å². The highest BCUT2D eigenvalue weighted by Crippen LogP contribution is 2.25. The lowest BCUT2D eigenvalue weighted by molar-refractivity contribution is -0.136. The van der Waals surface area contributed by atoms with Gasteiger partial charge >= 0.3 is 5.97 Å². The standard InChI is InChI=1S/C16H18N2O5S2/c1-18(2)25(22,23)13-8-9-24-15(13)16(21)17-12-5-3-4-11(10-12)6-7-14(19)20/h3-5,8-10H,6-7H2,1-2H3,(H,17,21)(H,19,20). The van der Waals surface area contributed by atoms with Gasteiger partial charge in [0.25, 0.3) is 5.91 Å². The first-order valence-electron chi connectivity index (χ1n) is 7.34. The van der Waals surface area contributed by atoms with Crippen molar-refractivity contribution >= 4 is 38.9 Å². The molecule has 1 heterocycles. The number of anilines is 1. The van der Waals surface area contributed by atoms with Gasteiger partial charge in [0, 0.05) is 26.2 Å². The van der Waals surface area contributed by atoms with E-state index in [1.54, 1.807) is 29.6 Å². The topological polar surface area (TPSA) is 104 Å². The van der Waals surface area contributed by atoms with Crippen molar-refractivity contribution in [3.05, 3.63) is 46.2 Å². The molecule has 7 nitrogen and oxygen atoms in total. The maximum Gasteiger partial charge on any atom is 0.303 e. The van der Waals surface area contributed by atoms with E-state index in [9.17, 15) is 18.0 Å². The Morgan fingerprint density at radius 2 is 1.96 bits per heavy atom. The Labute approximate surface area is 150 Å². The van der Waals surface area contributed by atoms with E-state index in [1.165, 1.54) is 20.2 Å². The number of amides is 1. The molecule has 0 saturated carbocycles. The largest absolute Gasteiger partial charge is 0.481 e. The van der Waals surface area contributed by atoms with Gasteiger partial charge in [0.2, 0.25) is 10.0 Å². The second kappa shape index (κ2) is 7.77. The summed E-state index contributed by atoms with van der Waals surface area (Å²) in [6.07, 6.45) is 0.339. The van der Waals surface area contributed by atoms with Gasteiger partial charge in [-0.1, -0.05) is 12.1 Å². The zero-order chi connectivity index (χ0) is 18.6. The van der Waals surface area contributed by atoms with E-state index in [-0.39, 0.29) is 16.2 Å². The van der Waals surface area contributed by atoms with E-state index in [0.29, 0.717) is 12.1 Å². The van der Waals surface area contributed by atoms with Crippen LogP contribution in [0.2, 0.25) is 0 Å². The number of nitrogens with zero attached hydrogens (tertiary/aromatic N) is 1. The zero-order valence-corrected chi connectivity index (χ0v) is 15.4. The molecule has 25 heavy (non-hydrogen) atoms. The highest BCUT2D eigenvalue weighted by Gasteiger charge is 2.26. The van der Waals surface area contributed by atoms with E-state index in [2.05, 4.69) is 5.32 Å². The monoisotopic (exact) mass is 382 g/mol. The number of nitrogens with one attached hydrogen (secondary N) is 1. The lowest BCUT2D eigenvalue weighted by Gasteiger charge is -2.12. The summed E-state index contributed by atoms with van der Waals surface area (Å²) in [4.78, 5) is 23.2. The number of carboxylic acids is 1. The predicted molar refractivity (Wildman–Crippen MR) is 95.5 cm³/mol. The van der Waals surface area contributed by atoms with Crippen molar-refractivity contribution in [1.29, 1.82) is 0 Å². The van der Waals surface area contributed by atoms with E-state index < -0.39 is 21.9 Å². The normalized spacial score (nSPS) is 11.5. The Kier molecular flexibility index (Phi) is 5.93. The van der Waals surface area contributed by atoms with Crippen molar-refractivity contribution in [2.75, 3.05) is 19.4 Å². The number of hydrogen-bond acceptors (Lipinski definition) is 5. The molecular weight excluding hydrogens is 364 g/mol. The predicted octanol–water partition coefficient (Wildman–Crippen LogP) is 2.27. The van der Waals surface area contributed by atoms with E-state index in [4.69, 9.17) is 5.11 Å². The molecule has 0 bridgehead atoms. The molecule has 9 heteroatoms. The summed E-state index contributed by atoms with van der Waals surface area (Å²) in [7, 11) is -0.903. The van der Waals surface area contributed by atoms with Gasteiger partial charge in [-0.25, -0.2) is 12.7 Å². The Bertz CT molecular complexity index is 887. The lowest BCUT2D eigenvalue weighted by Crippen LogP contribution is -2.24. The average Bonchev–Trinajstić information content (AvgIpc) is 3.03. The van der Waals surface area contributed by atoms with Crippen LogP contribution in [-0.4, -0.2) is 43.8 Å². The first-order valence-corrected chi connectivity index (χ1v) is 9.66. The number of sulfonamides is 1. The Hall–Kier alpha value is -2.23. The van der Waals surface area contributed by atoms with Crippen molar-refractivity contribution in [3.8, 4) is 0 Å². The summed E-state index contributed by atoms with van der Waals surface area (Å²) in [5, 5.41) is 13.0.